The van der Waals surface area contributed by atoms with Crippen LogP contribution in [0.5, 0.6) is 5.75 Å². The van der Waals surface area contributed by atoms with E-state index in [0.29, 0.717) is 23.6 Å². The van der Waals surface area contributed by atoms with E-state index >= 15 is 0 Å². The number of hydrogen-bond acceptors (Lipinski definition) is 5. The fourth-order valence-corrected chi connectivity index (χ4v) is 3.77. The molecule has 0 aliphatic rings. The molecule has 1 aromatic heterocycles. The smallest absolute Gasteiger partial charge is 0.335 e. The van der Waals surface area contributed by atoms with Crippen molar-refractivity contribution in [2.75, 3.05) is 20.3 Å². The lowest BCUT2D eigenvalue weighted by Gasteiger charge is -2.18. The molecule has 1 aromatic rings. The molecule has 0 aliphatic carbocycles. The summed E-state index contributed by atoms with van der Waals surface area (Å²) >= 11 is 3.29. The van der Waals surface area contributed by atoms with Crippen molar-refractivity contribution in [2.45, 2.75) is 20.0 Å². The summed E-state index contributed by atoms with van der Waals surface area (Å²) in [6.45, 7) is 4.24. The molecule has 0 amide bonds. The van der Waals surface area contributed by atoms with Crippen molar-refractivity contribution >= 4 is 23.5 Å². The van der Waals surface area contributed by atoms with Gasteiger partial charge < -0.3 is 13.8 Å². The molecule has 5 nitrogen and oxygen atoms in total. The normalized spacial score (nSPS) is 11.6. The van der Waals surface area contributed by atoms with Gasteiger partial charge in [-0.25, -0.2) is 4.98 Å². The van der Waals surface area contributed by atoms with Gasteiger partial charge in [-0.05, 0) is 35.8 Å². The monoisotopic (exact) mass is 337 g/mol. The molecule has 0 atom stereocenters. The first-order chi connectivity index (χ1) is 8.56. The molecular formula is C11H17BrNO4P. The highest BCUT2D eigenvalue weighted by Crippen LogP contribution is 2.52. The van der Waals surface area contributed by atoms with E-state index in [2.05, 4.69) is 20.9 Å². The minimum absolute atomic E-state index is 0.166. The molecule has 0 saturated heterocycles. The fourth-order valence-electron chi connectivity index (χ4n) is 1.53. The summed E-state index contributed by atoms with van der Waals surface area (Å²) in [5.74, 6) is 0.553. The molecule has 0 unspecified atom stereocenters. The molecule has 0 aliphatic heterocycles. The van der Waals surface area contributed by atoms with E-state index in [-0.39, 0.29) is 6.16 Å². The Balaban J connectivity index is 3.00. The molecule has 1 heterocycles. The zero-order valence-corrected chi connectivity index (χ0v) is 13.2. The van der Waals surface area contributed by atoms with E-state index in [9.17, 15) is 4.57 Å². The summed E-state index contributed by atoms with van der Waals surface area (Å²) < 4.78 is 28.7. The molecule has 1 rings (SSSR count). The van der Waals surface area contributed by atoms with Gasteiger partial charge in [0.1, 0.15) is 4.60 Å². The Morgan fingerprint density at radius 2 is 1.94 bits per heavy atom. The van der Waals surface area contributed by atoms with Crippen LogP contribution in [0.3, 0.4) is 0 Å². The lowest BCUT2D eigenvalue weighted by molar-refractivity contribution is 0.219. The highest BCUT2D eigenvalue weighted by molar-refractivity contribution is 9.10. The number of nitrogens with zero attached hydrogens (tertiary/aromatic N) is 1. The van der Waals surface area contributed by atoms with Gasteiger partial charge in [-0.2, -0.15) is 0 Å². The second kappa shape index (κ2) is 7.24. The third kappa shape index (κ3) is 4.05. The van der Waals surface area contributed by atoms with Crippen LogP contribution in [-0.4, -0.2) is 25.3 Å². The SMILES string of the molecule is CCOP(=O)(Cc1ccnc(Br)c1OC)OCC. The number of methoxy groups -OCH3 is 1. The van der Waals surface area contributed by atoms with Crippen LogP contribution >= 0.6 is 23.5 Å². The molecule has 102 valence electrons. The standard InChI is InChI=1S/C11H17BrNO4P/c1-4-16-18(14,17-5-2)8-9-6-7-13-11(12)10(9)15-3/h6-7H,4-5,8H2,1-3H3. The molecule has 0 spiro atoms. The summed E-state index contributed by atoms with van der Waals surface area (Å²) in [6.07, 6.45) is 1.78. The van der Waals surface area contributed by atoms with Gasteiger partial charge >= 0.3 is 7.60 Å². The lowest BCUT2D eigenvalue weighted by Crippen LogP contribution is -2.01. The predicted molar refractivity (Wildman–Crippen MR) is 73.1 cm³/mol. The van der Waals surface area contributed by atoms with Crippen LogP contribution in [-0.2, 0) is 19.8 Å². The van der Waals surface area contributed by atoms with Crippen LogP contribution < -0.4 is 4.74 Å². The number of aromatic nitrogens is 1. The van der Waals surface area contributed by atoms with E-state index in [1.807, 2.05) is 0 Å². The van der Waals surface area contributed by atoms with Gasteiger partial charge in [0.2, 0.25) is 0 Å². The highest BCUT2D eigenvalue weighted by atomic mass is 79.9. The molecule has 0 fully saturated rings. The van der Waals surface area contributed by atoms with Crippen LogP contribution in [0.4, 0.5) is 0 Å². The van der Waals surface area contributed by atoms with E-state index < -0.39 is 7.60 Å². The van der Waals surface area contributed by atoms with Gasteiger partial charge in [-0.1, -0.05) is 0 Å². The van der Waals surface area contributed by atoms with E-state index in [1.54, 1.807) is 26.1 Å². The highest BCUT2D eigenvalue weighted by Gasteiger charge is 2.26. The van der Waals surface area contributed by atoms with Crippen molar-refractivity contribution in [1.82, 2.24) is 4.98 Å². The van der Waals surface area contributed by atoms with E-state index in [1.165, 1.54) is 7.11 Å². The maximum absolute atomic E-state index is 12.4. The Kier molecular flexibility index (Phi) is 6.29. The van der Waals surface area contributed by atoms with Gasteiger partial charge in [0, 0.05) is 11.8 Å². The summed E-state index contributed by atoms with van der Waals surface area (Å²) in [5.41, 5.74) is 0.740. The third-order valence-corrected chi connectivity index (χ3v) is 4.76. The average molecular weight is 338 g/mol. The van der Waals surface area contributed by atoms with Crippen LogP contribution in [0.25, 0.3) is 0 Å². The van der Waals surface area contributed by atoms with Gasteiger partial charge in [0.25, 0.3) is 0 Å². The van der Waals surface area contributed by atoms with Crippen molar-refractivity contribution < 1.29 is 18.3 Å². The Labute approximate surface area is 116 Å². The third-order valence-electron chi connectivity index (χ3n) is 2.16. The molecule has 0 N–H and O–H groups in total. The van der Waals surface area contributed by atoms with Gasteiger partial charge in [-0.3, -0.25) is 4.57 Å². The van der Waals surface area contributed by atoms with Gasteiger partial charge in [0.15, 0.2) is 5.75 Å². The number of halogens is 1. The minimum Gasteiger partial charge on any atom is -0.494 e. The number of pyridine rings is 1. The van der Waals surface area contributed by atoms with Gasteiger partial charge in [0.05, 0.1) is 26.5 Å². The number of rotatable bonds is 7. The summed E-state index contributed by atoms with van der Waals surface area (Å²) in [7, 11) is -1.59. The summed E-state index contributed by atoms with van der Waals surface area (Å²) in [6, 6.07) is 1.74. The first-order valence-electron chi connectivity index (χ1n) is 5.61. The molecule has 7 heteroatoms. The van der Waals surface area contributed by atoms with E-state index in [0.717, 1.165) is 5.56 Å². The molecule has 0 aromatic carbocycles. The number of ether oxygens (including phenoxy) is 1. The average Bonchev–Trinajstić information content (AvgIpc) is 2.29. The van der Waals surface area contributed by atoms with Crippen LogP contribution in [0, 0.1) is 0 Å². The summed E-state index contributed by atoms with van der Waals surface area (Å²) in [4.78, 5) is 4.05. The van der Waals surface area contributed by atoms with Gasteiger partial charge in [-0.15, -0.1) is 0 Å². The van der Waals surface area contributed by atoms with Crippen molar-refractivity contribution in [3.63, 3.8) is 0 Å². The lowest BCUT2D eigenvalue weighted by atomic mass is 10.3. The second-order valence-electron chi connectivity index (χ2n) is 3.40. The quantitative estimate of drug-likeness (QED) is 0.561. The van der Waals surface area contributed by atoms with Crippen molar-refractivity contribution in [1.29, 1.82) is 0 Å². The van der Waals surface area contributed by atoms with Crippen LogP contribution in [0.1, 0.15) is 19.4 Å². The molecule has 18 heavy (non-hydrogen) atoms. The predicted octanol–water partition coefficient (Wildman–Crippen LogP) is 3.62. The summed E-state index contributed by atoms with van der Waals surface area (Å²) in [5, 5.41) is 0. The van der Waals surface area contributed by atoms with Crippen molar-refractivity contribution in [3.8, 4) is 5.75 Å². The van der Waals surface area contributed by atoms with Crippen LogP contribution in [0.2, 0.25) is 0 Å². The molecule has 0 bridgehead atoms. The fraction of sp³-hybridized carbons (Fsp3) is 0.545. The van der Waals surface area contributed by atoms with Crippen molar-refractivity contribution in [3.05, 3.63) is 22.4 Å². The largest absolute Gasteiger partial charge is 0.494 e. The maximum atomic E-state index is 12.4. The topological polar surface area (TPSA) is 57.7 Å². The second-order valence-corrected chi connectivity index (χ2v) is 6.20. The Bertz CT molecular complexity index is 431. The molecular weight excluding hydrogens is 321 g/mol. The number of hydrogen-bond donors (Lipinski definition) is 0. The maximum Gasteiger partial charge on any atom is 0.335 e. The first kappa shape index (κ1) is 15.6. The molecule has 0 saturated carbocycles. The first-order valence-corrected chi connectivity index (χ1v) is 8.14. The van der Waals surface area contributed by atoms with Crippen molar-refractivity contribution in [2.24, 2.45) is 0 Å². The Morgan fingerprint density at radius 3 is 2.44 bits per heavy atom. The minimum atomic E-state index is -3.13. The zero-order chi connectivity index (χ0) is 13.6. The van der Waals surface area contributed by atoms with Crippen LogP contribution in [0.15, 0.2) is 16.9 Å². The van der Waals surface area contributed by atoms with E-state index in [4.69, 9.17) is 13.8 Å². The Hall–Kier alpha value is -0.420. The molecule has 0 radical (unpaired) electrons. The Morgan fingerprint density at radius 1 is 1.33 bits per heavy atom. The zero-order valence-electron chi connectivity index (χ0n) is 10.7.